The first kappa shape index (κ1) is 22.8. The van der Waals surface area contributed by atoms with E-state index in [9.17, 15) is 39.2 Å². The number of benzene rings is 2. The molecular weight excluding hydrogens is 457 g/mol. The number of aliphatic hydroxyl groups excluding tert-OH is 2. The van der Waals surface area contributed by atoms with Gasteiger partial charge in [-0.1, -0.05) is 12.1 Å². The molecule has 3 aliphatic rings. The third-order valence-electron chi connectivity index (χ3n) is 7.42. The van der Waals surface area contributed by atoms with Gasteiger partial charge in [-0.2, -0.15) is 0 Å². The summed E-state index contributed by atoms with van der Waals surface area (Å²) in [4.78, 5) is 37.7. The Morgan fingerprint density at radius 2 is 1.83 bits per heavy atom. The lowest BCUT2D eigenvalue weighted by molar-refractivity contribution is -0.147. The van der Waals surface area contributed by atoms with Gasteiger partial charge in [-0.25, -0.2) is 4.39 Å². The number of Topliss-reactive ketones (excluding diaryl/α,β-unsaturated/α-hetero) is 2. The zero-order chi connectivity index (χ0) is 25.4. The van der Waals surface area contributed by atoms with Crippen LogP contribution in [0, 0.1) is 24.6 Å². The molecule has 1 saturated carbocycles. The first-order valence-corrected chi connectivity index (χ1v) is 11.1. The van der Waals surface area contributed by atoms with Crippen LogP contribution < -0.4 is 5.73 Å². The third kappa shape index (κ3) is 3.04. The number of hydrogen-bond donors (Lipinski definition) is 5. The van der Waals surface area contributed by atoms with Gasteiger partial charge in [0.2, 0.25) is 5.78 Å². The van der Waals surface area contributed by atoms with Crippen LogP contribution in [0.2, 0.25) is 0 Å². The number of ketones is 2. The average Bonchev–Trinajstić information content (AvgIpc) is 2.78. The van der Waals surface area contributed by atoms with Crippen LogP contribution in [0.3, 0.4) is 0 Å². The number of amides is 1. The molecule has 1 fully saturated rings. The third-order valence-corrected chi connectivity index (χ3v) is 7.42. The molecule has 1 amide bonds. The number of aliphatic hydroxyl groups is 3. The molecule has 3 unspecified atom stereocenters. The number of aromatic hydroxyl groups is 1. The van der Waals surface area contributed by atoms with E-state index in [0.717, 1.165) is 0 Å². The quantitative estimate of drug-likeness (QED) is 0.414. The number of halogens is 1. The summed E-state index contributed by atoms with van der Waals surface area (Å²) in [5.74, 6) is -7.12. The van der Waals surface area contributed by atoms with Gasteiger partial charge >= 0.3 is 0 Å². The predicted octanol–water partition coefficient (Wildman–Crippen LogP) is 2.54. The van der Waals surface area contributed by atoms with E-state index in [2.05, 4.69) is 0 Å². The smallest absolute Gasteiger partial charge is 0.255 e. The number of hydrogen-bond acceptors (Lipinski definition) is 7. The maximum Gasteiger partial charge on any atom is 0.255 e. The van der Waals surface area contributed by atoms with E-state index in [1.165, 1.54) is 12.1 Å². The molecular formula is C26H22FNO7. The first-order valence-electron chi connectivity index (χ1n) is 11.1. The summed E-state index contributed by atoms with van der Waals surface area (Å²) < 4.78 is 13.8. The van der Waals surface area contributed by atoms with Crippen molar-refractivity contribution in [3.05, 3.63) is 69.7 Å². The molecule has 6 N–H and O–H groups in total. The van der Waals surface area contributed by atoms with Crippen molar-refractivity contribution in [1.82, 2.24) is 0 Å². The largest absolute Gasteiger partial charge is 0.508 e. The molecule has 0 bridgehead atoms. The second-order valence-electron chi connectivity index (χ2n) is 9.36. The van der Waals surface area contributed by atoms with Gasteiger partial charge in [0, 0.05) is 17.9 Å². The van der Waals surface area contributed by atoms with Gasteiger partial charge in [0.15, 0.2) is 11.4 Å². The number of rotatable bonds is 2. The van der Waals surface area contributed by atoms with E-state index in [1.807, 2.05) is 0 Å². The van der Waals surface area contributed by atoms with E-state index in [-0.39, 0.29) is 42.0 Å². The second-order valence-corrected chi connectivity index (χ2v) is 9.36. The number of phenolic OH excluding ortho intramolecular Hbond substituents is 1. The standard InChI is InChI=1S/C26H22FNO7/c1-10-6-11(2-4-16(10)27)14-3-5-17(29)20-15(14)8-12-7-13-9-18(30)21(25(28)34)24(33)26(13,35)23(32)19(12)22(20)31/h2-6,12-13,29,31,33,35H,7-9H2,1H3,(H2,28,34). The fraction of sp³-hybridized carbons (Fsp3) is 0.269. The molecule has 5 rings (SSSR count). The number of nitrogens with two attached hydrogens (primary N) is 1. The molecule has 2 aromatic rings. The molecule has 35 heavy (non-hydrogen) atoms. The van der Waals surface area contributed by atoms with Crippen LogP contribution in [0.1, 0.15) is 29.5 Å². The van der Waals surface area contributed by atoms with Gasteiger partial charge in [0.25, 0.3) is 5.91 Å². The number of carbonyl (C=O) groups excluding carboxylic acids is 3. The van der Waals surface area contributed by atoms with Crippen LogP contribution in [0.5, 0.6) is 5.75 Å². The highest BCUT2D eigenvalue weighted by Crippen LogP contribution is 2.53. The SMILES string of the molecule is Cc1cc(-c2ccc(O)c3c2CC2CC4CC(=O)C(C(N)=O)=C(O)C4(O)C(=O)C2=C3O)ccc1F. The van der Waals surface area contributed by atoms with Crippen molar-refractivity contribution < 1.29 is 39.2 Å². The van der Waals surface area contributed by atoms with Crippen LogP contribution in [0.15, 0.2) is 47.2 Å². The number of phenols is 1. The summed E-state index contributed by atoms with van der Waals surface area (Å²) in [6.45, 7) is 1.61. The van der Waals surface area contributed by atoms with Crippen molar-refractivity contribution in [3.63, 3.8) is 0 Å². The highest BCUT2D eigenvalue weighted by molar-refractivity contribution is 6.22. The van der Waals surface area contributed by atoms with E-state index >= 15 is 0 Å². The topological polar surface area (TPSA) is 158 Å². The molecule has 0 spiro atoms. The molecule has 8 nitrogen and oxygen atoms in total. The summed E-state index contributed by atoms with van der Waals surface area (Å²) in [6, 6.07) is 7.51. The molecule has 0 saturated heterocycles. The molecule has 0 radical (unpaired) electrons. The number of aryl methyl sites for hydroxylation is 1. The van der Waals surface area contributed by atoms with Gasteiger partial charge < -0.3 is 26.2 Å². The lowest BCUT2D eigenvalue weighted by atomic mass is 9.59. The predicted molar refractivity (Wildman–Crippen MR) is 122 cm³/mol. The van der Waals surface area contributed by atoms with Crippen molar-refractivity contribution in [2.45, 2.75) is 31.8 Å². The monoisotopic (exact) mass is 479 g/mol. The van der Waals surface area contributed by atoms with Crippen molar-refractivity contribution in [3.8, 4) is 16.9 Å². The molecule has 2 aromatic carbocycles. The Hall–Kier alpha value is -3.98. The van der Waals surface area contributed by atoms with E-state index in [1.54, 1.807) is 25.1 Å². The van der Waals surface area contributed by atoms with Crippen LogP contribution in [0.4, 0.5) is 4.39 Å². The molecule has 9 heteroatoms. The minimum atomic E-state index is -2.60. The summed E-state index contributed by atoms with van der Waals surface area (Å²) >= 11 is 0. The average molecular weight is 479 g/mol. The highest BCUT2D eigenvalue weighted by atomic mass is 19.1. The minimum Gasteiger partial charge on any atom is -0.508 e. The maximum atomic E-state index is 13.8. The van der Waals surface area contributed by atoms with Crippen molar-refractivity contribution in [2.24, 2.45) is 17.6 Å². The van der Waals surface area contributed by atoms with Gasteiger partial charge in [0.05, 0.1) is 5.56 Å². The van der Waals surface area contributed by atoms with Crippen molar-refractivity contribution >= 4 is 23.2 Å². The van der Waals surface area contributed by atoms with Gasteiger partial charge in [-0.05, 0) is 66.1 Å². The Kier molecular flexibility index (Phi) is 4.89. The Bertz CT molecular complexity index is 1420. The van der Waals surface area contributed by atoms with Crippen molar-refractivity contribution in [1.29, 1.82) is 0 Å². The van der Waals surface area contributed by atoms with Crippen LogP contribution in [-0.4, -0.2) is 43.5 Å². The number of carbonyl (C=O) groups is 3. The zero-order valence-corrected chi connectivity index (χ0v) is 18.6. The summed E-state index contributed by atoms with van der Waals surface area (Å²) in [5.41, 5.74) is 3.76. The van der Waals surface area contributed by atoms with Crippen LogP contribution in [0.25, 0.3) is 16.9 Å². The fourth-order valence-corrected chi connectivity index (χ4v) is 5.70. The zero-order valence-electron chi connectivity index (χ0n) is 18.6. The molecule has 3 aliphatic carbocycles. The maximum absolute atomic E-state index is 13.8. The molecule has 0 aliphatic heterocycles. The van der Waals surface area contributed by atoms with E-state index in [4.69, 9.17) is 5.73 Å². The molecule has 0 heterocycles. The van der Waals surface area contributed by atoms with E-state index < -0.39 is 52.0 Å². The Balaban J connectivity index is 1.71. The van der Waals surface area contributed by atoms with Gasteiger partial charge in [-0.3, -0.25) is 14.4 Å². The van der Waals surface area contributed by atoms with Gasteiger partial charge in [-0.15, -0.1) is 0 Å². The lowest BCUT2D eigenvalue weighted by Gasteiger charge is -2.46. The van der Waals surface area contributed by atoms with Crippen molar-refractivity contribution in [2.75, 3.05) is 0 Å². The summed E-state index contributed by atoms with van der Waals surface area (Å²) in [6.07, 6.45) is -0.166. The highest BCUT2D eigenvalue weighted by Gasteiger charge is 2.60. The number of primary amides is 1. The normalized spacial score (nSPS) is 25.8. The van der Waals surface area contributed by atoms with E-state index in [0.29, 0.717) is 22.3 Å². The minimum absolute atomic E-state index is 0.00314. The second kappa shape index (κ2) is 7.51. The summed E-state index contributed by atoms with van der Waals surface area (Å²) in [7, 11) is 0. The Labute approximate surface area is 198 Å². The molecule has 0 aromatic heterocycles. The van der Waals surface area contributed by atoms with Gasteiger partial charge in [0.1, 0.15) is 28.7 Å². The molecule has 3 atom stereocenters. The first-order chi connectivity index (χ1) is 16.5. The Morgan fingerprint density at radius 1 is 1.11 bits per heavy atom. The van der Waals surface area contributed by atoms with Crippen LogP contribution in [-0.2, 0) is 20.8 Å². The number of fused-ring (bicyclic) bond motifs is 3. The fourth-order valence-electron chi connectivity index (χ4n) is 5.70. The van der Waals surface area contributed by atoms with Crippen LogP contribution >= 0.6 is 0 Å². The summed E-state index contributed by atoms with van der Waals surface area (Å²) in [5, 5.41) is 43.6. The molecule has 180 valence electrons. The Morgan fingerprint density at radius 3 is 2.49 bits per heavy atom. The lowest BCUT2D eigenvalue weighted by Crippen LogP contribution is -2.58.